The minimum atomic E-state index is -0.271. The minimum absolute atomic E-state index is 0.0222. The highest BCUT2D eigenvalue weighted by Crippen LogP contribution is 2.27. The van der Waals surface area contributed by atoms with E-state index in [2.05, 4.69) is 58.9 Å². The van der Waals surface area contributed by atoms with E-state index >= 15 is 0 Å². The lowest BCUT2D eigenvalue weighted by Gasteiger charge is -2.25. The Labute approximate surface area is 302 Å². The van der Waals surface area contributed by atoms with Gasteiger partial charge in [0.1, 0.15) is 17.2 Å². The summed E-state index contributed by atoms with van der Waals surface area (Å²) in [5.74, 6) is 2.92. The molecular weight excluding hydrogens is 624 g/mol. The van der Waals surface area contributed by atoms with E-state index in [-0.39, 0.29) is 23.1 Å². The fourth-order valence-corrected chi connectivity index (χ4v) is 5.08. The lowest BCUT2D eigenvalue weighted by Crippen LogP contribution is -2.24. The predicted octanol–water partition coefficient (Wildman–Crippen LogP) is 11.4. The van der Waals surface area contributed by atoms with Crippen molar-refractivity contribution in [1.82, 2.24) is 0 Å². The van der Waals surface area contributed by atoms with Crippen LogP contribution in [0.3, 0.4) is 0 Å². The van der Waals surface area contributed by atoms with Gasteiger partial charge in [0, 0.05) is 18.6 Å². The van der Waals surface area contributed by atoms with Crippen LogP contribution < -0.4 is 9.47 Å². The highest BCUT2D eigenvalue weighted by atomic mass is 16.5. The van der Waals surface area contributed by atoms with E-state index in [0.717, 1.165) is 41.2 Å². The predicted molar refractivity (Wildman–Crippen MR) is 206 cm³/mol. The Morgan fingerprint density at radius 1 is 0.860 bits per heavy atom. The summed E-state index contributed by atoms with van der Waals surface area (Å²) in [6.45, 7) is 20.4. The molecule has 0 saturated heterocycles. The number of para-hydroxylation sites is 1. The fraction of sp³-hybridized carbons (Fsp3) is 0.477. The molecule has 0 aliphatic heterocycles. The first kappa shape index (κ1) is 42.3. The summed E-state index contributed by atoms with van der Waals surface area (Å²) in [4.78, 5) is 11.5. The van der Waals surface area contributed by atoms with E-state index in [9.17, 15) is 4.79 Å². The van der Waals surface area contributed by atoms with Crippen molar-refractivity contribution in [3.8, 4) is 17.2 Å². The van der Waals surface area contributed by atoms with Crippen LogP contribution >= 0.6 is 0 Å². The summed E-state index contributed by atoms with van der Waals surface area (Å²) in [7, 11) is 1.77. The van der Waals surface area contributed by atoms with Gasteiger partial charge in [-0.3, -0.25) is 0 Å². The zero-order chi connectivity index (χ0) is 37.0. The fourth-order valence-electron chi connectivity index (χ4n) is 5.08. The van der Waals surface area contributed by atoms with Crippen LogP contribution in [-0.2, 0) is 31.0 Å². The van der Waals surface area contributed by atoms with Crippen LogP contribution in [0, 0.1) is 5.92 Å². The Morgan fingerprint density at radius 3 is 2.18 bits per heavy atom. The Balaban J connectivity index is 0.000000359. The summed E-state index contributed by atoms with van der Waals surface area (Å²) >= 11 is 0. The van der Waals surface area contributed by atoms with E-state index < -0.39 is 0 Å². The van der Waals surface area contributed by atoms with E-state index in [0.29, 0.717) is 25.7 Å². The molecule has 0 N–H and O–H groups in total. The number of esters is 1. The van der Waals surface area contributed by atoms with Crippen molar-refractivity contribution in [3.05, 3.63) is 114 Å². The molecule has 6 nitrogen and oxygen atoms in total. The monoisotopic (exact) mass is 686 g/mol. The number of benzene rings is 3. The van der Waals surface area contributed by atoms with Crippen molar-refractivity contribution in [2.45, 2.75) is 112 Å². The first-order valence-corrected chi connectivity index (χ1v) is 18.0. The summed E-state index contributed by atoms with van der Waals surface area (Å²) in [5, 5.41) is 0. The molecule has 0 aliphatic carbocycles. The molecule has 274 valence electrons. The zero-order valence-electron chi connectivity index (χ0n) is 32.3. The standard InChI is InChI=1S/C25H28O3.C19H34O3/c1-4-27-22-15-13-21(14-16-22)25(2,3)19-26-18-20-9-8-12-24(17-20)28-23-10-6-5-7-11-23;1-15(2)22-18(20)14-17(4)11-8-10-16(3)12-9-13-19(5,6)21-7/h5-17H,4,18-19H2,1-3H3;8,11,14-16H,9-10,12-13H2,1-7H3/b;11-8+,17-14+/t;16-/m.1/s1. The van der Waals surface area contributed by atoms with Crippen LogP contribution in [0.25, 0.3) is 0 Å². The van der Waals surface area contributed by atoms with Gasteiger partial charge in [-0.1, -0.05) is 88.2 Å². The number of carbonyl (C=O) groups is 1. The second-order valence-corrected chi connectivity index (χ2v) is 14.4. The molecule has 50 heavy (non-hydrogen) atoms. The number of hydrogen-bond donors (Lipinski definition) is 0. The normalized spacial score (nSPS) is 12.7. The summed E-state index contributed by atoms with van der Waals surface area (Å²) in [6.07, 6.45) is 10.1. The number of allylic oxidation sites excluding steroid dienone is 3. The van der Waals surface area contributed by atoms with Gasteiger partial charge >= 0.3 is 5.97 Å². The molecule has 0 radical (unpaired) electrons. The molecule has 1 atom stereocenters. The molecule has 0 amide bonds. The second kappa shape index (κ2) is 22.1. The number of rotatable bonds is 19. The smallest absolute Gasteiger partial charge is 0.331 e. The molecule has 0 fully saturated rings. The van der Waals surface area contributed by atoms with Crippen molar-refractivity contribution in [2.75, 3.05) is 20.3 Å². The maximum Gasteiger partial charge on any atom is 0.331 e. The van der Waals surface area contributed by atoms with Gasteiger partial charge in [0.25, 0.3) is 0 Å². The summed E-state index contributed by atoms with van der Waals surface area (Å²) < 4.78 is 28.0. The third-order valence-electron chi connectivity index (χ3n) is 8.20. The molecule has 0 bridgehead atoms. The van der Waals surface area contributed by atoms with Gasteiger partial charge in [-0.2, -0.15) is 0 Å². The number of carbonyl (C=O) groups excluding carboxylic acids is 1. The van der Waals surface area contributed by atoms with Gasteiger partial charge in [0.15, 0.2) is 0 Å². The van der Waals surface area contributed by atoms with Crippen LogP contribution in [0.4, 0.5) is 0 Å². The first-order valence-electron chi connectivity index (χ1n) is 18.0. The van der Waals surface area contributed by atoms with Crippen molar-refractivity contribution < 1.29 is 28.5 Å². The number of hydrogen-bond acceptors (Lipinski definition) is 6. The molecule has 0 unspecified atom stereocenters. The molecule has 0 spiro atoms. The van der Waals surface area contributed by atoms with Gasteiger partial charge in [0.2, 0.25) is 0 Å². The van der Waals surface area contributed by atoms with Gasteiger partial charge in [-0.05, 0) is 113 Å². The lowest BCUT2D eigenvalue weighted by atomic mass is 9.85. The van der Waals surface area contributed by atoms with Gasteiger partial charge < -0.3 is 23.7 Å². The third-order valence-corrected chi connectivity index (χ3v) is 8.20. The van der Waals surface area contributed by atoms with E-state index in [4.69, 9.17) is 23.7 Å². The molecule has 0 heterocycles. The van der Waals surface area contributed by atoms with Crippen LogP contribution in [0.1, 0.15) is 99.1 Å². The summed E-state index contributed by atoms with van der Waals surface area (Å²) in [5.41, 5.74) is 3.15. The molecule has 0 aromatic heterocycles. The van der Waals surface area contributed by atoms with Crippen molar-refractivity contribution in [1.29, 1.82) is 0 Å². The van der Waals surface area contributed by atoms with Crippen LogP contribution in [0.15, 0.2) is 103 Å². The van der Waals surface area contributed by atoms with Crippen LogP contribution in [-0.4, -0.2) is 38.0 Å². The zero-order valence-corrected chi connectivity index (χ0v) is 32.3. The van der Waals surface area contributed by atoms with Crippen LogP contribution in [0.2, 0.25) is 0 Å². The van der Waals surface area contributed by atoms with Gasteiger partial charge in [-0.25, -0.2) is 4.79 Å². The Kier molecular flexibility index (Phi) is 18.7. The van der Waals surface area contributed by atoms with Gasteiger partial charge in [0.05, 0.1) is 31.5 Å². The highest BCUT2D eigenvalue weighted by Gasteiger charge is 2.21. The third kappa shape index (κ3) is 17.7. The highest BCUT2D eigenvalue weighted by molar-refractivity contribution is 5.83. The van der Waals surface area contributed by atoms with Crippen LogP contribution in [0.5, 0.6) is 17.2 Å². The molecule has 0 aliphatic rings. The molecular formula is C44H62O6. The van der Waals surface area contributed by atoms with Crippen molar-refractivity contribution in [3.63, 3.8) is 0 Å². The second-order valence-electron chi connectivity index (χ2n) is 14.4. The number of methoxy groups -OCH3 is 1. The first-order chi connectivity index (χ1) is 23.7. The van der Waals surface area contributed by atoms with Gasteiger partial charge in [-0.15, -0.1) is 0 Å². The maximum atomic E-state index is 11.5. The topological polar surface area (TPSA) is 63.2 Å². The minimum Gasteiger partial charge on any atom is -0.494 e. The van der Waals surface area contributed by atoms with Crippen molar-refractivity contribution >= 4 is 5.97 Å². The number of ether oxygens (including phenoxy) is 5. The summed E-state index contributed by atoms with van der Waals surface area (Å²) in [6, 6.07) is 26.1. The Bertz CT molecular complexity index is 1440. The van der Waals surface area contributed by atoms with E-state index in [1.165, 1.54) is 18.4 Å². The SMILES string of the molecule is CCOc1ccc(C(C)(C)COCc2cccc(Oc3ccccc3)c2)cc1.COC(C)(C)CCC[C@H](C)C/C=C/C(C)=C/C(=O)OC(C)C. The lowest BCUT2D eigenvalue weighted by molar-refractivity contribution is -0.141. The average molecular weight is 687 g/mol. The maximum absolute atomic E-state index is 11.5. The quantitative estimate of drug-likeness (QED) is 0.0710. The molecule has 6 heteroatoms. The molecule has 0 saturated carbocycles. The Morgan fingerprint density at radius 2 is 1.54 bits per heavy atom. The largest absolute Gasteiger partial charge is 0.494 e. The Hall–Kier alpha value is -3.87. The molecule has 3 aromatic carbocycles. The molecule has 3 rings (SSSR count). The average Bonchev–Trinajstić information content (AvgIpc) is 3.05. The van der Waals surface area contributed by atoms with E-state index in [1.807, 2.05) is 94.4 Å². The molecule has 3 aromatic rings. The van der Waals surface area contributed by atoms with Crippen molar-refractivity contribution in [2.24, 2.45) is 5.92 Å². The van der Waals surface area contributed by atoms with E-state index in [1.54, 1.807) is 13.2 Å².